The summed E-state index contributed by atoms with van der Waals surface area (Å²) in [5.41, 5.74) is -0.376. The molecule has 21 heavy (non-hydrogen) atoms. The standard InChI is InChI=1S/C12H12F2N5O2/c13-9-2-1-3-10(14)11(9)18-8-19(16-15-18)12(20)17-4-6-21-7-5-17/h1-3,8H,4-7H2/q+1. The van der Waals surface area contributed by atoms with Gasteiger partial charge in [-0.2, -0.15) is 0 Å². The maximum absolute atomic E-state index is 13.7. The second kappa shape index (κ2) is 5.52. The van der Waals surface area contributed by atoms with E-state index < -0.39 is 17.7 Å². The van der Waals surface area contributed by atoms with Gasteiger partial charge in [0.1, 0.15) is 5.21 Å². The van der Waals surface area contributed by atoms with Crippen molar-refractivity contribution in [2.45, 2.75) is 0 Å². The van der Waals surface area contributed by atoms with E-state index in [1.54, 1.807) is 0 Å². The van der Waals surface area contributed by atoms with Gasteiger partial charge in [0.05, 0.1) is 13.2 Å². The van der Waals surface area contributed by atoms with Crippen LogP contribution in [0.5, 0.6) is 0 Å². The van der Waals surface area contributed by atoms with E-state index in [1.165, 1.54) is 11.0 Å². The first-order valence-electron chi connectivity index (χ1n) is 6.32. The Bertz CT molecular complexity index is 649. The maximum Gasteiger partial charge on any atom is 0.420 e. The summed E-state index contributed by atoms with van der Waals surface area (Å²) in [4.78, 5) is 13.7. The number of carbonyl (C=O) groups is 1. The van der Waals surface area contributed by atoms with Crippen molar-refractivity contribution in [2.75, 3.05) is 26.3 Å². The Labute approximate surface area is 118 Å². The molecule has 0 spiro atoms. The summed E-state index contributed by atoms with van der Waals surface area (Å²) in [6.45, 7) is 1.77. The average Bonchev–Trinajstić information content (AvgIpc) is 2.97. The van der Waals surface area contributed by atoms with Crippen molar-refractivity contribution in [3.05, 3.63) is 36.2 Å². The summed E-state index contributed by atoms with van der Waals surface area (Å²) < 4.78 is 34.3. The van der Waals surface area contributed by atoms with Crippen LogP contribution in [0.2, 0.25) is 0 Å². The molecular weight excluding hydrogens is 284 g/mol. The first kappa shape index (κ1) is 13.6. The van der Waals surface area contributed by atoms with Crippen LogP contribution in [0, 0.1) is 11.6 Å². The molecule has 0 aliphatic carbocycles. The molecule has 2 heterocycles. The highest BCUT2D eigenvalue weighted by Crippen LogP contribution is 2.10. The van der Waals surface area contributed by atoms with E-state index in [0.717, 1.165) is 27.8 Å². The zero-order chi connectivity index (χ0) is 14.8. The van der Waals surface area contributed by atoms with Crippen molar-refractivity contribution in [2.24, 2.45) is 0 Å². The second-order valence-electron chi connectivity index (χ2n) is 4.44. The molecule has 7 nitrogen and oxygen atoms in total. The van der Waals surface area contributed by atoms with Crippen molar-refractivity contribution in [1.29, 1.82) is 0 Å². The zero-order valence-corrected chi connectivity index (χ0v) is 10.9. The molecule has 9 heteroatoms. The van der Waals surface area contributed by atoms with Crippen LogP contribution in [-0.2, 0) is 4.74 Å². The first-order valence-corrected chi connectivity index (χ1v) is 6.32. The van der Waals surface area contributed by atoms with E-state index in [1.807, 2.05) is 0 Å². The first-order chi connectivity index (χ1) is 10.2. The largest absolute Gasteiger partial charge is 0.420 e. The minimum atomic E-state index is -0.786. The fourth-order valence-corrected chi connectivity index (χ4v) is 2.03. The van der Waals surface area contributed by atoms with Crippen molar-refractivity contribution in [3.8, 4) is 5.69 Å². The van der Waals surface area contributed by atoms with Crippen molar-refractivity contribution in [1.82, 2.24) is 20.0 Å². The molecule has 110 valence electrons. The Morgan fingerprint density at radius 3 is 2.57 bits per heavy atom. The van der Waals surface area contributed by atoms with Gasteiger partial charge in [-0.05, 0) is 16.8 Å². The Morgan fingerprint density at radius 2 is 1.90 bits per heavy atom. The molecule has 2 aromatic rings. The summed E-state index contributed by atoms with van der Waals surface area (Å²) in [6, 6.07) is 3.04. The quantitative estimate of drug-likeness (QED) is 0.554. The SMILES string of the molecule is O=C(N1CCOCC1)n1c[n+](-c2c(F)cccc2F)nn1. The van der Waals surface area contributed by atoms with Crippen molar-refractivity contribution < 1.29 is 23.0 Å². The van der Waals surface area contributed by atoms with Gasteiger partial charge in [-0.3, -0.25) is 0 Å². The maximum atomic E-state index is 13.7. The molecule has 1 aliphatic heterocycles. The van der Waals surface area contributed by atoms with Gasteiger partial charge in [0.25, 0.3) is 6.33 Å². The molecule has 1 fully saturated rings. The molecule has 0 unspecified atom stereocenters. The van der Waals surface area contributed by atoms with Gasteiger partial charge in [-0.15, -0.1) is 0 Å². The van der Waals surface area contributed by atoms with Gasteiger partial charge >= 0.3 is 6.03 Å². The average molecular weight is 296 g/mol. The molecule has 1 aromatic heterocycles. The van der Waals surface area contributed by atoms with E-state index in [2.05, 4.69) is 10.4 Å². The zero-order valence-electron chi connectivity index (χ0n) is 10.9. The van der Waals surface area contributed by atoms with Gasteiger partial charge in [0.15, 0.2) is 16.8 Å². The number of ether oxygens (including phenoxy) is 1. The highest BCUT2D eigenvalue weighted by molar-refractivity contribution is 5.75. The minimum Gasteiger partial charge on any atom is -0.378 e. The topological polar surface area (TPSA) is 64.1 Å². The van der Waals surface area contributed by atoms with Gasteiger partial charge in [0.2, 0.25) is 5.69 Å². The Hall–Kier alpha value is -2.42. The second-order valence-corrected chi connectivity index (χ2v) is 4.44. The third-order valence-electron chi connectivity index (χ3n) is 3.10. The molecule has 0 N–H and O–H groups in total. The molecule has 0 atom stereocenters. The van der Waals surface area contributed by atoms with Crippen LogP contribution in [0.15, 0.2) is 24.5 Å². The number of para-hydroxylation sites is 1. The molecule has 1 amide bonds. The highest BCUT2D eigenvalue weighted by Gasteiger charge is 2.27. The molecule has 1 saturated heterocycles. The summed E-state index contributed by atoms with van der Waals surface area (Å²) in [5.74, 6) is -1.57. The number of amides is 1. The van der Waals surface area contributed by atoms with E-state index in [0.29, 0.717) is 26.3 Å². The molecule has 0 bridgehead atoms. The summed E-state index contributed by atoms with van der Waals surface area (Å²) >= 11 is 0. The van der Waals surface area contributed by atoms with Crippen LogP contribution in [-0.4, -0.2) is 52.3 Å². The lowest BCUT2D eigenvalue weighted by molar-refractivity contribution is -0.664. The van der Waals surface area contributed by atoms with Crippen molar-refractivity contribution >= 4 is 6.03 Å². The van der Waals surface area contributed by atoms with E-state index in [-0.39, 0.29) is 5.69 Å². The summed E-state index contributed by atoms with van der Waals surface area (Å²) in [6.07, 6.45) is 1.14. The predicted octanol–water partition coefficient (Wildman–Crippen LogP) is 0.133. The minimum absolute atomic E-state index is 0.376. The third kappa shape index (κ3) is 2.59. The number of halogens is 2. The smallest absolute Gasteiger partial charge is 0.378 e. The summed E-state index contributed by atoms with van der Waals surface area (Å²) in [5, 5.41) is 7.21. The van der Waals surface area contributed by atoms with Crippen LogP contribution < -0.4 is 4.68 Å². The number of carbonyl (C=O) groups excluding carboxylic acids is 1. The fourth-order valence-electron chi connectivity index (χ4n) is 2.03. The van der Waals surface area contributed by atoms with Gasteiger partial charge in [-0.25, -0.2) is 13.6 Å². The number of morpholine rings is 1. The van der Waals surface area contributed by atoms with E-state index in [9.17, 15) is 13.6 Å². The number of benzene rings is 1. The van der Waals surface area contributed by atoms with E-state index >= 15 is 0 Å². The van der Waals surface area contributed by atoms with Gasteiger partial charge < -0.3 is 9.64 Å². The number of aromatic nitrogens is 4. The molecule has 0 saturated carbocycles. The number of hydrogen-bond acceptors (Lipinski definition) is 4. The molecule has 0 radical (unpaired) electrons. The number of rotatable bonds is 1. The van der Waals surface area contributed by atoms with E-state index in [4.69, 9.17) is 4.74 Å². The predicted molar refractivity (Wildman–Crippen MR) is 64.7 cm³/mol. The Kier molecular flexibility index (Phi) is 3.57. The fraction of sp³-hybridized carbons (Fsp3) is 0.333. The van der Waals surface area contributed by atoms with Gasteiger partial charge in [-0.1, -0.05) is 10.7 Å². The van der Waals surface area contributed by atoms with Crippen molar-refractivity contribution in [3.63, 3.8) is 0 Å². The summed E-state index contributed by atoms with van der Waals surface area (Å²) in [7, 11) is 0. The van der Waals surface area contributed by atoms with Gasteiger partial charge in [0, 0.05) is 13.1 Å². The third-order valence-corrected chi connectivity index (χ3v) is 3.10. The molecule has 3 rings (SSSR count). The normalized spacial score (nSPS) is 15.2. The lowest BCUT2D eigenvalue weighted by atomic mass is 10.3. The molecular formula is C12H12F2N5O2+. The van der Waals surface area contributed by atoms with Crippen LogP contribution in [0.3, 0.4) is 0 Å². The van der Waals surface area contributed by atoms with Crippen LogP contribution in [0.25, 0.3) is 5.69 Å². The lowest BCUT2D eigenvalue weighted by Crippen LogP contribution is -2.43. The van der Waals surface area contributed by atoms with Crippen LogP contribution >= 0.6 is 0 Å². The Balaban J connectivity index is 1.88. The van der Waals surface area contributed by atoms with Crippen LogP contribution in [0.4, 0.5) is 13.6 Å². The molecule has 1 aliphatic rings. The number of tetrazole rings is 1. The number of nitrogens with zero attached hydrogens (tertiary/aromatic N) is 5. The molecule has 1 aromatic carbocycles. The van der Waals surface area contributed by atoms with Crippen LogP contribution in [0.1, 0.15) is 0 Å². The lowest BCUT2D eigenvalue weighted by Gasteiger charge is -2.23. The monoisotopic (exact) mass is 296 g/mol. The highest BCUT2D eigenvalue weighted by atomic mass is 19.1. The number of hydrogen-bond donors (Lipinski definition) is 0. The Morgan fingerprint density at radius 1 is 1.24 bits per heavy atom.